The highest BCUT2D eigenvalue weighted by atomic mass is 32.2. The van der Waals surface area contributed by atoms with Crippen LogP contribution < -0.4 is 0 Å². The number of aryl methyl sites for hydroxylation is 1. The number of ether oxygens (including phenoxy) is 1. The van der Waals surface area contributed by atoms with Crippen molar-refractivity contribution in [3.63, 3.8) is 0 Å². The monoisotopic (exact) mass is 356 g/mol. The topological polar surface area (TPSA) is 78.3 Å². The lowest BCUT2D eigenvalue weighted by Gasteiger charge is -2.14. The maximum absolute atomic E-state index is 14.1. The molecule has 1 aromatic carbocycles. The van der Waals surface area contributed by atoms with E-state index in [4.69, 9.17) is 4.74 Å². The Morgan fingerprint density at radius 2 is 2.12 bits per heavy atom. The molecule has 3 rings (SSSR count). The van der Waals surface area contributed by atoms with E-state index in [1.165, 1.54) is 4.68 Å². The van der Waals surface area contributed by atoms with E-state index in [-0.39, 0.29) is 40.8 Å². The summed E-state index contributed by atoms with van der Waals surface area (Å²) >= 11 is 0. The summed E-state index contributed by atoms with van der Waals surface area (Å²) in [5.74, 6) is -2.75. The van der Waals surface area contributed by atoms with Crippen LogP contribution in [0.1, 0.15) is 23.7 Å². The molecule has 0 bridgehead atoms. The normalized spacial score (nSPS) is 15.8. The zero-order chi connectivity index (χ0) is 17.5. The molecule has 6 nitrogen and oxygen atoms in total. The van der Waals surface area contributed by atoms with Crippen molar-refractivity contribution in [2.24, 2.45) is 0 Å². The fourth-order valence-electron chi connectivity index (χ4n) is 2.67. The van der Waals surface area contributed by atoms with Crippen molar-refractivity contribution in [3.8, 4) is 11.3 Å². The van der Waals surface area contributed by atoms with Crippen LogP contribution in [-0.2, 0) is 21.1 Å². The molecule has 2 aromatic rings. The van der Waals surface area contributed by atoms with E-state index in [1.807, 2.05) is 0 Å². The van der Waals surface area contributed by atoms with Gasteiger partial charge in [0.15, 0.2) is 14.9 Å². The van der Waals surface area contributed by atoms with Crippen LogP contribution in [0.25, 0.3) is 11.3 Å². The Morgan fingerprint density at radius 1 is 1.38 bits per heavy atom. The number of rotatable bonds is 3. The Balaban J connectivity index is 2.30. The summed E-state index contributed by atoms with van der Waals surface area (Å²) in [5.41, 5.74) is -0.620. The van der Waals surface area contributed by atoms with Crippen LogP contribution in [0, 0.1) is 11.6 Å². The van der Waals surface area contributed by atoms with Gasteiger partial charge in [-0.25, -0.2) is 22.0 Å². The molecular weight excluding hydrogens is 342 g/mol. The molecule has 9 heteroatoms. The highest BCUT2D eigenvalue weighted by molar-refractivity contribution is 7.91. The number of carbonyl (C=O) groups is 1. The van der Waals surface area contributed by atoms with E-state index in [2.05, 4.69) is 5.10 Å². The Labute approximate surface area is 137 Å². The predicted octanol–water partition coefficient (Wildman–Crippen LogP) is 2.18. The molecule has 0 saturated heterocycles. The molecule has 0 spiro atoms. The summed E-state index contributed by atoms with van der Waals surface area (Å²) in [6, 6.07) is 2.78. The standard InChI is InChI=1S/C15H14F2N2O4S/c1-2-23-15(20)12-13(10-5-4-9(16)8-11(10)17)18-19-6-3-7-24(21,22)14(12)19/h4-5,8H,2-3,6-7H2,1H3. The third-order valence-electron chi connectivity index (χ3n) is 3.65. The van der Waals surface area contributed by atoms with E-state index >= 15 is 0 Å². The summed E-state index contributed by atoms with van der Waals surface area (Å²) in [4.78, 5) is 12.3. The van der Waals surface area contributed by atoms with Gasteiger partial charge in [-0.05, 0) is 25.5 Å². The number of hydrogen-bond acceptors (Lipinski definition) is 5. The SMILES string of the molecule is CCOC(=O)c1c(-c2ccc(F)cc2F)nn2c1S(=O)(=O)CCC2. The van der Waals surface area contributed by atoms with Crippen LogP contribution in [0.5, 0.6) is 0 Å². The molecule has 1 aliphatic heterocycles. The van der Waals surface area contributed by atoms with Crippen LogP contribution >= 0.6 is 0 Å². The molecule has 0 atom stereocenters. The van der Waals surface area contributed by atoms with Crippen molar-refractivity contribution in [3.05, 3.63) is 35.4 Å². The molecule has 128 valence electrons. The lowest BCUT2D eigenvalue weighted by Crippen LogP contribution is -2.23. The molecular formula is C15H14F2N2O4S. The maximum atomic E-state index is 14.1. The van der Waals surface area contributed by atoms with Crippen LogP contribution in [0.4, 0.5) is 8.78 Å². The van der Waals surface area contributed by atoms with E-state index in [0.717, 1.165) is 12.1 Å². The summed E-state index contributed by atoms with van der Waals surface area (Å²) < 4.78 is 58.1. The van der Waals surface area contributed by atoms with Gasteiger partial charge in [0.1, 0.15) is 22.9 Å². The maximum Gasteiger partial charge on any atom is 0.343 e. The third kappa shape index (κ3) is 2.68. The van der Waals surface area contributed by atoms with Gasteiger partial charge in [-0.1, -0.05) is 0 Å². The molecule has 1 aliphatic rings. The van der Waals surface area contributed by atoms with Gasteiger partial charge in [-0.3, -0.25) is 4.68 Å². The van der Waals surface area contributed by atoms with E-state index in [1.54, 1.807) is 6.92 Å². The second-order valence-electron chi connectivity index (χ2n) is 5.27. The van der Waals surface area contributed by atoms with Crippen LogP contribution in [0.15, 0.2) is 23.2 Å². The molecule has 0 unspecified atom stereocenters. The van der Waals surface area contributed by atoms with Gasteiger partial charge >= 0.3 is 5.97 Å². The highest BCUT2D eigenvalue weighted by Gasteiger charge is 2.36. The fourth-order valence-corrected chi connectivity index (χ4v) is 4.32. The Bertz CT molecular complexity index is 922. The number of aromatic nitrogens is 2. The Kier molecular flexibility index (Phi) is 4.12. The van der Waals surface area contributed by atoms with Crippen LogP contribution in [-0.4, -0.2) is 36.5 Å². The lowest BCUT2D eigenvalue weighted by atomic mass is 10.1. The number of benzene rings is 1. The number of nitrogens with zero attached hydrogens (tertiary/aromatic N) is 2. The zero-order valence-corrected chi connectivity index (χ0v) is 13.6. The third-order valence-corrected chi connectivity index (χ3v) is 5.48. The lowest BCUT2D eigenvalue weighted by molar-refractivity contribution is 0.0522. The van der Waals surface area contributed by atoms with Gasteiger partial charge in [0.05, 0.1) is 12.4 Å². The molecule has 0 radical (unpaired) electrons. The van der Waals surface area contributed by atoms with Gasteiger partial charge in [0.2, 0.25) is 0 Å². The largest absolute Gasteiger partial charge is 0.462 e. The van der Waals surface area contributed by atoms with Crippen molar-refractivity contribution in [2.45, 2.75) is 24.9 Å². The van der Waals surface area contributed by atoms with Crippen LogP contribution in [0.2, 0.25) is 0 Å². The molecule has 0 amide bonds. The number of carbonyl (C=O) groups excluding carboxylic acids is 1. The minimum Gasteiger partial charge on any atom is -0.462 e. The first-order chi connectivity index (χ1) is 11.3. The second-order valence-corrected chi connectivity index (χ2v) is 7.29. The van der Waals surface area contributed by atoms with Crippen molar-refractivity contribution in [2.75, 3.05) is 12.4 Å². The molecule has 2 heterocycles. The van der Waals surface area contributed by atoms with Gasteiger partial charge < -0.3 is 4.74 Å². The second kappa shape index (κ2) is 5.97. The first-order valence-corrected chi connectivity index (χ1v) is 8.96. The van der Waals surface area contributed by atoms with E-state index < -0.39 is 27.4 Å². The number of halogens is 2. The molecule has 0 N–H and O–H groups in total. The first kappa shape index (κ1) is 16.6. The smallest absolute Gasteiger partial charge is 0.343 e. The Morgan fingerprint density at radius 3 is 2.79 bits per heavy atom. The molecule has 24 heavy (non-hydrogen) atoms. The molecule has 0 fully saturated rings. The summed E-state index contributed by atoms with van der Waals surface area (Å²) in [6.07, 6.45) is 0.338. The quantitative estimate of drug-likeness (QED) is 0.788. The number of hydrogen-bond donors (Lipinski definition) is 0. The predicted molar refractivity (Wildman–Crippen MR) is 80.2 cm³/mol. The number of sulfone groups is 1. The van der Waals surface area contributed by atoms with Crippen molar-refractivity contribution in [1.29, 1.82) is 0 Å². The summed E-state index contributed by atoms with van der Waals surface area (Å²) in [5, 5.41) is 3.81. The van der Waals surface area contributed by atoms with E-state index in [0.29, 0.717) is 12.5 Å². The molecule has 0 aliphatic carbocycles. The Hall–Kier alpha value is -2.29. The first-order valence-electron chi connectivity index (χ1n) is 7.31. The number of fused-ring (bicyclic) bond motifs is 1. The van der Waals surface area contributed by atoms with Gasteiger partial charge in [0.25, 0.3) is 0 Å². The van der Waals surface area contributed by atoms with Crippen LogP contribution in [0.3, 0.4) is 0 Å². The summed E-state index contributed by atoms with van der Waals surface area (Å²) in [6.45, 7) is 1.87. The van der Waals surface area contributed by atoms with E-state index in [9.17, 15) is 22.0 Å². The average Bonchev–Trinajstić information content (AvgIpc) is 2.88. The highest BCUT2D eigenvalue weighted by Crippen LogP contribution is 2.33. The van der Waals surface area contributed by atoms with Gasteiger partial charge in [-0.15, -0.1) is 0 Å². The van der Waals surface area contributed by atoms with Gasteiger partial charge in [-0.2, -0.15) is 5.10 Å². The van der Waals surface area contributed by atoms with Gasteiger partial charge in [0, 0.05) is 18.2 Å². The minimum atomic E-state index is -3.74. The fraction of sp³-hybridized carbons (Fsp3) is 0.333. The van der Waals surface area contributed by atoms with Crippen molar-refractivity contribution in [1.82, 2.24) is 9.78 Å². The molecule has 1 aromatic heterocycles. The molecule has 0 saturated carbocycles. The zero-order valence-electron chi connectivity index (χ0n) is 12.8. The number of esters is 1. The van der Waals surface area contributed by atoms with Crippen molar-refractivity contribution >= 4 is 15.8 Å². The van der Waals surface area contributed by atoms with Crippen molar-refractivity contribution < 1.29 is 26.7 Å². The summed E-state index contributed by atoms with van der Waals surface area (Å²) in [7, 11) is -3.74. The average molecular weight is 356 g/mol. The minimum absolute atomic E-state index is 0.0227.